The van der Waals surface area contributed by atoms with Crippen LogP contribution in [-0.2, 0) is 0 Å². The van der Waals surface area contributed by atoms with Gasteiger partial charge in [0.1, 0.15) is 0 Å². The van der Waals surface area contributed by atoms with Crippen LogP contribution in [0.3, 0.4) is 0 Å². The summed E-state index contributed by atoms with van der Waals surface area (Å²) in [4.78, 5) is 2.49. The van der Waals surface area contributed by atoms with Gasteiger partial charge >= 0.3 is 0 Å². The van der Waals surface area contributed by atoms with E-state index in [2.05, 4.69) is 60.4 Å². The van der Waals surface area contributed by atoms with Gasteiger partial charge in [0.25, 0.3) is 0 Å². The zero-order chi connectivity index (χ0) is 12.4. The van der Waals surface area contributed by atoms with Crippen LogP contribution < -0.4 is 4.90 Å². The third-order valence-electron chi connectivity index (χ3n) is 3.67. The van der Waals surface area contributed by atoms with E-state index in [1.54, 1.807) is 0 Å². The lowest BCUT2D eigenvalue weighted by molar-refractivity contribution is 0.949. The van der Waals surface area contributed by atoms with Crippen molar-refractivity contribution in [2.45, 2.75) is 19.8 Å². The van der Waals surface area contributed by atoms with Gasteiger partial charge in [-0.3, -0.25) is 0 Å². The molecule has 0 saturated carbocycles. The molecule has 18 heavy (non-hydrogen) atoms. The lowest BCUT2D eigenvalue weighted by Gasteiger charge is -2.18. The van der Waals surface area contributed by atoms with Crippen molar-refractivity contribution >= 4 is 5.69 Å². The number of hydrogen-bond acceptors (Lipinski definition) is 1. The number of rotatable bonds is 2. The molecule has 1 aliphatic rings. The normalized spacial score (nSPS) is 15.1. The average molecular weight is 237 g/mol. The van der Waals surface area contributed by atoms with Crippen molar-refractivity contribution in [2.75, 3.05) is 18.0 Å². The summed E-state index contributed by atoms with van der Waals surface area (Å²) in [5.74, 6) is 0. The van der Waals surface area contributed by atoms with Crippen LogP contribution in [-0.4, -0.2) is 13.1 Å². The van der Waals surface area contributed by atoms with Crippen LogP contribution >= 0.6 is 0 Å². The van der Waals surface area contributed by atoms with Gasteiger partial charge < -0.3 is 4.90 Å². The first kappa shape index (κ1) is 11.3. The monoisotopic (exact) mass is 237 g/mol. The summed E-state index contributed by atoms with van der Waals surface area (Å²) >= 11 is 0. The minimum Gasteiger partial charge on any atom is -0.372 e. The predicted molar refractivity (Wildman–Crippen MR) is 78.1 cm³/mol. The van der Waals surface area contributed by atoms with Crippen LogP contribution in [0.1, 0.15) is 18.4 Å². The summed E-state index contributed by atoms with van der Waals surface area (Å²) in [6, 6.07) is 17.6. The van der Waals surface area contributed by atoms with Crippen molar-refractivity contribution in [3.63, 3.8) is 0 Å². The van der Waals surface area contributed by atoms with Gasteiger partial charge in [0.05, 0.1) is 0 Å². The van der Waals surface area contributed by atoms with E-state index in [1.807, 2.05) is 0 Å². The zero-order valence-corrected chi connectivity index (χ0v) is 10.9. The summed E-state index contributed by atoms with van der Waals surface area (Å²) in [5, 5.41) is 0. The molecule has 1 heterocycles. The Morgan fingerprint density at radius 2 is 1.50 bits per heavy atom. The Balaban J connectivity index is 1.95. The third-order valence-corrected chi connectivity index (χ3v) is 3.67. The molecular formula is C17H19N. The molecule has 1 saturated heterocycles. The molecule has 0 aromatic heterocycles. The van der Waals surface area contributed by atoms with E-state index >= 15 is 0 Å². The van der Waals surface area contributed by atoms with E-state index in [0.717, 1.165) is 0 Å². The second-order valence-electron chi connectivity index (χ2n) is 5.11. The maximum atomic E-state index is 2.49. The minimum atomic E-state index is 1.21. The fraction of sp³-hybridized carbons (Fsp3) is 0.294. The maximum Gasteiger partial charge on any atom is 0.0372 e. The molecule has 0 unspecified atom stereocenters. The Morgan fingerprint density at radius 3 is 2.22 bits per heavy atom. The van der Waals surface area contributed by atoms with Crippen molar-refractivity contribution in [1.82, 2.24) is 0 Å². The Hall–Kier alpha value is -1.76. The second-order valence-corrected chi connectivity index (χ2v) is 5.11. The molecule has 1 fully saturated rings. The number of aryl methyl sites for hydroxylation is 1. The van der Waals surface area contributed by atoms with E-state index in [-0.39, 0.29) is 0 Å². The van der Waals surface area contributed by atoms with Gasteiger partial charge in [-0.25, -0.2) is 0 Å². The van der Waals surface area contributed by atoms with Crippen LogP contribution in [0.5, 0.6) is 0 Å². The highest BCUT2D eigenvalue weighted by atomic mass is 15.1. The average Bonchev–Trinajstić information content (AvgIpc) is 2.93. The molecule has 1 heteroatoms. The first-order chi connectivity index (χ1) is 8.83. The van der Waals surface area contributed by atoms with Crippen molar-refractivity contribution in [1.29, 1.82) is 0 Å². The number of benzene rings is 2. The lowest BCUT2D eigenvalue weighted by atomic mass is 10.0. The van der Waals surface area contributed by atoms with E-state index in [9.17, 15) is 0 Å². The molecule has 1 nitrogen and oxygen atoms in total. The summed E-state index contributed by atoms with van der Waals surface area (Å²) < 4.78 is 0. The number of hydrogen-bond donors (Lipinski definition) is 0. The fourth-order valence-electron chi connectivity index (χ4n) is 2.68. The van der Waals surface area contributed by atoms with Crippen molar-refractivity contribution in [2.24, 2.45) is 0 Å². The van der Waals surface area contributed by atoms with Crippen molar-refractivity contribution in [3.05, 3.63) is 54.1 Å². The summed E-state index contributed by atoms with van der Waals surface area (Å²) in [6.07, 6.45) is 2.66. The van der Waals surface area contributed by atoms with Crippen LogP contribution in [0.25, 0.3) is 11.1 Å². The Labute approximate surface area is 109 Å². The van der Waals surface area contributed by atoms with Gasteiger partial charge in [-0.1, -0.05) is 42.0 Å². The molecule has 3 rings (SSSR count). The molecule has 1 aliphatic heterocycles. The topological polar surface area (TPSA) is 3.24 Å². The maximum absolute atomic E-state index is 2.49. The first-order valence-corrected chi connectivity index (χ1v) is 6.75. The van der Waals surface area contributed by atoms with Gasteiger partial charge in [0.2, 0.25) is 0 Å². The van der Waals surface area contributed by atoms with Crippen LogP contribution in [0, 0.1) is 6.92 Å². The SMILES string of the molecule is Cc1cccc(-c2cccc(N3CCCC3)c2)c1. The predicted octanol–water partition coefficient (Wildman–Crippen LogP) is 4.26. The van der Waals surface area contributed by atoms with Gasteiger partial charge in [0.15, 0.2) is 0 Å². The molecule has 0 aliphatic carbocycles. The Kier molecular flexibility index (Phi) is 3.06. The highest BCUT2D eigenvalue weighted by Crippen LogP contribution is 2.27. The fourth-order valence-corrected chi connectivity index (χ4v) is 2.68. The Bertz CT molecular complexity index is 539. The molecule has 0 N–H and O–H groups in total. The molecule has 92 valence electrons. The molecule has 0 amide bonds. The van der Waals surface area contributed by atoms with Crippen LogP contribution in [0.4, 0.5) is 5.69 Å². The summed E-state index contributed by atoms with van der Waals surface area (Å²) in [5.41, 5.74) is 5.32. The molecule has 0 spiro atoms. The van der Waals surface area contributed by atoms with E-state index in [1.165, 1.54) is 48.3 Å². The summed E-state index contributed by atoms with van der Waals surface area (Å²) in [7, 11) is 0. The number of anilines is 1. The highest BCUT2D eigenvalue weighted by Gasteiger charge is 2.12. The lowest BCUT2D eigenvalue weighted by Crippen LogP contribution is -2.17. The molecule has 2 aromatic carbocycles. The van der Waals surface area contributed by atoms with Crippen molar-refractivity contribution in [3.8, 4) is 11.1 Å². The van der Waals surface area contributed by atoms with Gasteiger partial charge in [-0.05, 0) is 43.0 Å². The largest absolute Gasteiger partial charge is 0.372 e. The van der Waals surface area contributed by atoms with E-state index in [0.29, 0.717) is 0 Å². The number of nitrogens with zero attached hydrogens (tertiary/aromatic N) is 1. The van der Waals surface area contributed by atoms with Crippen molar-refractivity contribution < 1.29 is 0 Å². The molecule has 0 radical (unpaired) electrons. The van der Waals surface area contributed by atoms with Crippen LogP contribution in [0.2, 0.25) is 0 Å². The molecular weight excluding hydrogens is 218 g/mol. The van der Waals surface area contributed by atoms with E-state index < -0.39 is 0 Å². The zero-order valence-electron chi connectivity index (χ0n) is 10.9. The second kappa shape index (κ2) is 4.85. The van der Waals surface area contributed by atoms with Gasteiger partial charge in [-0.15, -0.1) is 0 Å². The van der Waals surface area contributed by atoms with Gasteiger partial charge in [0, 0.05) is 18.8 Å². The smallest absolute Gasteiger partial charge is 0.0372 e. The first-order valence-electron chi connectivity index (χ1n) is 6.75. The quantitative estimate of drug-likeness (QED) is 0.754. The molecule has 2 aromatic rings. The summed E-state index contributed by atoms with van der Waals surface area (Å²) in [6.45, 7) is 4.56. The molecule has 0 bridgehead atoms. The molecule has 0 atom stereocenters. The minimum absolute atomic E-state index is 1.21. The Morgan fingerprint density at radius 1 is 0.833 bits per heavy atom. The van der Waals surface area contributed by atoms with Gasteiger partial charge in [-0.2, -0.15) is 0 Å². The van der Waals surface area contributed by atoms with E-state index in [4.69, 9.17) is 0 Å². The highest BCUT2D eigenvalue weighted by molar-refractivity contribution is 5.69. The third kappa shape index (κ3) is 2.26. The van der Waals surface area contributed by atoms with Crippen LogP contribution in [0.15, 0.2) is 48.5 Å². The standard InChI is InChI=1S/C17H19N/c1-14-6-4-7-15(12-14)16-8-5-9-17(13-16)18-10-2-3-11-18/h4-9,12-13H,2-3,10-11H2,1H3.